The van der Waals surface area contributed by atoms with Gasteiger partial charge in [0.25, 0.3) is 0 Å². The van der Waals surface area contributed by atoms with E-state index < -0.39 is 17.0 Å². The van der Waals surface area contributed by atoms with E-state index in [0.29, 0.717) is 22.9 Å². The summed E-state index contributed by atoms with van der Waals surface area (Å²) in [5, 5.41) is 2.67. The molecule has 144 valence electrons. The molecule has 0 unspecified atom stereocenters. The molecular formula is C20H19N3O5. The molecular weight excluding hydrogens is 362 g/mol. The summed E-state index contributed by atoms with van der Waals surface area (Å²) in [6, 6.07) is 13.6. The van der Waals surface area contributed by atoms with Crippen LogP contribution in [0.5, 0.6) is 11.5 Å². The first kappa shape index (κ1) is 19.0. The second kappa shape index (κ2) is 8.26. The topological polar surface area (TPSA) is 91.6 Å². The third kappa shape index (κ3) is 3.96. The summed E-state index contributed by atoms with van der Waals surface area (Å²) in [5.41, 5.74) is -0.578. The van der Waals surface area contributed by atoms with Crippen LogP contribution in [0, 0.1) is 0 Å². The maximum Gasteiger partial charge on any atom is 0.321 e. The standard InChI is InChI=1S/C20H19N3O5/c1-27-15-9-7-14(8-10-15)21-18(24)13-22-11-12-23(20(26)19(22)25)16-5-3-4-6-17(16)28-2/h3-12H,13H2,1-2H3,(H,21,24). The first-order valence-corrected chi connectivity index (χ1v) is 8.43. The van der Waals surface area contributed by atoms with E-state index >= 15 is 0 Å². The van der Waals surface area contributed by atoms with E-state index in [0.717, 1.165) is 4.57 Å². The number of carbonyl (C=O) groups excluding carboxylic acids is 1. The normalized spacial score (nSPS) is 10.4. The van der Waals surface area contributed by atoms with Gasteiger partial charge in [-0.3, -0.25) is 23.5 Å². The predicted molar refractivity (Wildman–Crippen MR) is 104 cm³/mol. The van der Waals surface area contributed by atoms with Crippen LogP contribution in [-0.4, -0.2) is 29.3 Å². The van der Waals surface area contributed by atoms with Crippen molar-refractivity contribution in [3.63, 3.8) is 0 Å². The first-order chi connectivity index (χ1) is 13.5. The fourth-order valence-corrected chi connectivity index (χ4v) is 2.68. The molecule has 3 aromatic rings. The van der Waals surface area contributed by atoms with Crippen molar-refractivity contribution < 1.29 is 14.3 Å². The first-order valence-electron chi connectivity index (χ1n) is 8.43. The number of benzene rings is 2. The highest BCUT2D eigenvalue weighted by atomic mass is 16.5. The Labute approximate surface area is 160 Å². The summed E-state index contributed by atoms with van der Waals surface area (Å²) < 4.78 is 12.5. The molecule has 0 saturated carbocycles. The van der Waals surface area contributed by atoms with E-state index in [4.69, 9.17) is 9.47 Å². The monoisotopic (exact) mass is 381 g/mol. The molecule has 28 heavy (non-hydrogen) atoms. The van der Waals surface area contributed by atoms with Crippen molar-refractivity contribution in [2.45, 2.75) is 6.54 Å². The molecule has 8 nitrogen and oxygen atoms in total. The maximum absolute atomic E-state index is 12.5. The molecule has 0 atom stereocenters. The van der Waals surface area contributed by atoms with Gasteiger partial charge in [-0.1, -0.05) is 12.1 Å². The van der Waals surface area contributed by atoms with Gasteiger partial charge in [-0.25, -0.2) is 0 Å². The lowest BCUT2D eigenvalue weighted by Crippen LogP contribution is -2.41. The summed E-state index contributed by atoms with van der Waals surface area (Å²) in [6.07, 6.45) is 2.83. The molecule has 1 heterocycles. The number of hydrogen-bond donors (Lipinski definition) is 1. The fraction of sp³-hybridized carbons (Fsp3) is 0.150. The molecule has 0 aliphatic rings. The van der Waals surface area contributed by atoms with Gasteiger partial charge < -0.3 is 14.8 Å². The van der Waals surface area contributed by atoms with Crippen LogP contribution >= 0.6 is 0 Å². The number of nitrogens with zero attached hydrogens (tertiary/aromatic N) is 2. The van der Waals surface area contributed by atoms with Gasteiger partial charge in [0.05, 0.1) is 19.9 Å². The van der Waals surface area contributed by atoms with Crippen molar-refractivity contribution >= 4 is 11.6 Å². The van der Waals surface area contributed by atoms with Crippen LogP contribution in [0.1, 0.15) is 0 Å². The predicted octanol–water partition coefficient (Wildman–Crippen LogP) is 1.66. The summed E-state index contributed by atoms with van der Waals surface area (Å²) in [5.74, 6) is 0.690. The van der Waals surface area contributed by atoms with Gasteiger partial charge >= 0.3 is 11.1 Å². The smallest absolute Gasteiger partial charge is 0.321 e. The Kier molecular flexibility index (Phi) is 5.59. The zero-order valence-corrected chi connectivity index (χ0v) is 15.4. The highest BCUT2D eigenvalue weighted by Crippen LogP contribution is 2.20. The molecule has 0 spiro atoms. The fourth-order valence-electron chi connectivity index (χ4n) is 2.68. The second-order valence-corrected chi connectivity index (χ2v) is 5.85. The van der Waals surface area contributed by atoms with E-state index in [2.05, 4.69) is 5.32 Å². The summed E-state index contributed by atoms with van der Waals surface area (Å²) in [7, 11) is 3.03. The van der Waals surface area contributed by atoms with Gasteiger partial charge in [0, 0.05) is 18.1 Å². The number of nitrogens with one attached hydrogen (secondary N) is 1. The Bertz CT molecular complexity index is 1100. The van der Waals surface area contributed by atoms with Crippen LogP contribution in [-0.2, 0) is 11.3 Å². The van der Waals surface area contributed by atoms with E-state index in [1.54, 1.807) is 55.6 Å². The SMILES string of the molecule is COc1ccc(NC(=O)Cn2ccn(-c3ccccc3OC)c(=O)c2=O)cc1. The van der Waals surface area contributed by atoms with Crippen molar-refractivity contribution in [3.05, 3.63) is 81.6 Å². The molecule has 1 amide bonds. The molecule has 3 rings (SSSR count). The zero-order chi connectivity index (χ0) is 20.1. The minimum absolute atomic E-state index is 0.285. The van der Waals surface area contributed by atoms with Crippen molar-refractivity contribution in [1.82, 2.24) is 9.13 Å². The number of anilines is 1. The van der Waals surface area contributed by atoms with E-state index in [1.165, 1.54) is 24.1 Å². The maximum atomic E-state index is 12.5. The Morgan fingerprint density at radius 3 is 2.32 bits per heavy atom. The van der Waals surface area contributed by atoms with Crippen LogP contribution in [0.25, 0.3) is 5.69 Å². The van der Waals surface area contributed by atoms with Gasteiger partial charge in [-0.15, -0.1) is 0 Å². The summed E-state index contributed by atoms with van der Waals surface area (Å²) >= 11 is 0. The molecule has 0 bridgehead atoms. The lowest BCUT2D eigenvalue weighted by atomic mass is 10.3. The Balaban J connectivity index is 1.82. The van der Waals surface area contributed by atoms with Gasteiger partial charge in [0.2, 0.25) is 5.91 Å². The molecule has 0 aliphatic heterocycles. The van der Waals surface area contributed by atoms with Crippen molar-refractivity contribution in [3.8, 4) is 17.2 Å². The molecule has 2 aromatic carbocycles. The lowest BCUT2D eigenvalue weighted by Gasteiger charge is -2.12. The van der Waals surface area contributed by atoms with E-state index in [-0.39, 0.29) is 6.54 Å². The molecule has 1 N–H and O–H groups in total. The Hall–Kier alpha value is -3.81. The number of hydrogen-bond acceptors (Lipinski definition) is 5. The summed E-state index contributed by atoms with van der Waals surface area (Å²) in [4.78, 5) is 37.1. The number of methoxy groups -OCH3 is 2. The quantitative estimate of drug-likeness (QED) is 0.656. The number of rotatable bonds is 6. The number of carbonyl (C=O) groups is 1. The average molecular weight is 381 g/mol. The molecule has 0 saturated heterocycles. The van der Waals surface area contributed by atoms with Crippen molar-refractivity contribution in [2.75, 3.05) is 19.5 Å². The van der Waals surface area contributed by atoms with Crippen LogP contribution < -0.4 is 25.9 Å². The number of amides is 1. The van der Waals surface area contributed by atoms with Crippen LogP contribution in [0.15, 0.2) is 70.5 Å². The Morgan fingerprint density at radius 1 is 0.929 bits per heavy atom. The molecule has 0 aliphatic carbocycles. The highest BCUT2D eigenvalue weighted by molar-refractivity contribution is 5.90. The van der Waals surface area contributed by atoms with E-state index in [9.17, 15) is 14.4 Å². The van der Waals surface area contributed by atoms with Gasteiger partial charge in [-0.05, 0) is 36.4 Å². The largest absolute Gasteiger partial charge is 0.497 e. The van der Waals surface area contributed by atoms with Crippen LogP contribution in [0.3, 0.4) is 0 Å². The molecule has 0 radical (unpaired) electrons. The van der Waals surface area contributed by atoms with Crippen LogP contribution in [0.2, 0.25) is 0 Å². The van der Waals surface area contributed by atoms with Gasteiger partial charge in [0.1, 0.15) is 18.0 Å². The second-order valence-electron chi connectivity index (χ2n) is 5.85. The third-order valence-electron chi connectivity index (χ3n) is 4.09. The average Bonchev–Trinajstić information content (AvgIpc) is 2.72. The minimum Gasteiger partial charge on any atom is -0.497 e. The van der Waals surface area contributed by atoms with Crippen molar-refractivity contribution in [1.29, 1.82) is 0 Å². The number of para-hydroxylation sites is 2. The van der Waals surface area contributed by atoms with Crippen LogP contribution in [0.4, 0.5) is 5.69 Å². The van der Waals surface area contributed by atoms with Crippen molar-refractivity contribution in [2.24, 2.45) is 0 Å². The van der Waals surface area contributed by atoms with Gasteiger partial charge in [0.15, 0.2) is 0 Å². The van der Waals surface area contributed by atoms with E-state index in [1.807, 2.05) is 0 Å². The lowest BCUT2D eigenvalue weighted by molar-refractivity contribution is -0.116. The zero-order valence-electron chi connectivity index (χ0n) is 15.4. The number of aromatic nitrogens is 2. The third-order valence-corrected chi connectivity index (χ3v) is 4.09. The number of ether oxygens (including phenoxy) is 2. The Morgan fingerprint density at radius 2 is 1.64 bits per heavy atom. The minimum atomic E-state index is -0.807. The molecule has 0 fully saturated rings. The van der Waals surface area contributed by atoms with Gasteiger partial charge in [-0.2, -0.15) is 0 Å². The highest BCUT2D eigenvalue weighted by Gasteiger charge is 2.12. The molecule has 8 heteroatoms. The summed E-state index contributed by atoms with van der Waals surface area (Å²) in [6.45, 7) is -0.285. The molecule has 1 aromatic heterocycles.